The first kappa shape index (κ1) is 13.0. The fourth-order valence-electron chi connectivity index (χ4n) is 2.21. The van der Waals surface area contributed by atoms with E-state index >= 15 is 0 Å². The highest BCUT2D eigenvalue weighted by Crippen LogP contribution is 2.37. The molecule has 0 saturated heterocycles. The zero-order chi connectivity index (χ0) is 13.2. The van der Waals surface area contributed by atoms with E-state index < -0.39 is 0 Å². The van der Waals surface area contributed by atoms with Crippen molar-refractivity contribution in [1.82, 2.24) is 0 Å². The number of ether oxygens (including phenoxy) is 2. The molecule has 2 N–H and O–H groups in total. The topological polar surface area (TPSA) is 44.5 Å². The largest absolute Gasteiger partial charge is 0.486 e. The lowest BCUT2D eigenvalue weighted by atomic mass is 9.97. The molecule has 0 fully saturated rings. The molecule has 19 heavy (non-hydrogen) atoms. The van der Waals surface area contributed by atoms with Crippen LogP contribution in [0, 0.1) is 0 Å². The Bertz CT molecular complexity index is 585. The summed E-state index contributed by atoms with van der Waals surface area (Å²) in [5.74, 6) is 1.84. The number of benzene rings is 1. The van der Waals surface area contributed by atoms with Gasteiger partial charge < -0.3 is 15.2 Å². The van der Waals surface area contributed by atoms with Crippen LogP contribution in [0.25, 0.3) is 0 Å². The number of nitrogens with two attached hydrogens (primary N) is 1. The summed E-state index contributed by atoms with van der Waals surface area (Å²) in [6.07, 6.45) is 0. The van der Waals surface area contributed by atoms with E-state index in [9.17, 15) is 0 Å². The summed E-state index contributed by atoms with van der Waals surface area (Å²) in [5.41, 5.74) is 7.11. The van der Waals surface area contributed by atoms with E-state index in [1.54, 1.807) is 11.3 Å². The van der Waals surface area contributed by atoms with E-state index in [1.165, 1.54) is 10.4 Å². The van der Waals surface area contributed by atoms with E-state index in [4.69, 9.17) is 15.2 Å². The summed E-state index contributed by atoms with van der Waals surface area (Å²) in [5, 5.41) is 0. The van der Waals surface area contributed by atoms with Crippen LogP contribution in [-0.2, 0) is 0 Å². The third kappa shape index (κ3) is 2.63. The second kappa shape index (κ2) is 5.53. The maximum Gasteiger partial charge on any atom is 0.161 e. The van der Waals surface area contributed by atoms with Crippen LogP contribution in [0.15, 0.2) is 34.1 Å². The average Bonchev–Trinajstić information content (AvgIpc) is 2.86. The van der Waals surface area contributed by atoms with Crippen molar-refractivity contribution in [3.05, 3.63) is 44.6 Å². The smallest absolute Gasteiger partial charge is 0.161 e. The lowest BCUT2D eigenvalue weighted by molar-refractivity contribution is 0.171. The molecular formula is C14H14BrNO2S. The first-order valence-corrected chi connectivity index (χ1v) is 7.73. The highest BCUT2D eigenvalue weighted by Gasteiger charge is 2.18. The van der Waals surface area contributed by atoms with Crippen LogP contribution in [0.3, 0.4) is 0 Å². The van der Waals surface area contributed by atoms with E-state index in [1.807, 2.05) is 12.1 Å². The van der Waals surface area contributed by atoms with Crippen LogP contribution in [-0.4, -0.2) is 19.8 Å². The minimum absolute atomic E-state index is 0.201. The molecule has 5 heteroatoms. The fraction of sp³-hybridized carbons (Fsp3) is 0.286. The lowest BCUT2D eigenvalue weighted by Gasteiger charge is -2.21. The van der Waals surface area contributed by atoms with Crippen molar-refractivity contribution in [2.24, 2.45) is 5.73 Å². The van der Waals surface area contributed by atoms with Crippen molar-refractivity contribution < 1.29 is 9.47 Å². The monoisotopic (exact) mass is 339 g/mol. The molecule has 0 saturated carbocycles. The van der Waals surface area contributed by atoms with Gasteiger partial charge >= 0.3 is 0 Å². The van der Waals surface area contributed by atoms with Gasteiger partial charge in [-0.15, -0.1) is 11.3 Å². The van der Waals surface area contributed by atoms with Gasteiger partial charge in [-0.25, -0.2) is 0 Å². The number of fused-ring (bicyclic) bond motifs is 1. The quantitative estimate of drug-likeness (QED) is 0.932. The molecule has 1 aromatic heterocycles. The fourth-order valence-corrected chi connectivity index (χ4v) is 3.77. The number of hydrogen-bond donors (Lipinski definition) is 1. The molecule has 2 aromatic rings. The Hall–Kier alpha value is -1.04. The molecule has 1 aliphatic heterocycles. The Balaban J connectivity index is 1.95. The number of halogens is 1. The van der Waals surface area contributed by atoms with E-state index in [2.05, 4.69) is 34.1 Å². The maximum atomic E-state index is 5.94. The van der Waals surface area contributed by atoms with E-state index in [-0.39, 0.29) is 5.92 Å². The van der Waals surface area contributed by atoms with Crippen LogP contribution < -0.4 is 15.2 Å². The van der Waals surface area contributed by atoms with Crippen molar-refractivity contribution in [3.63, 3.8) is 0 Å². The Kier molecular flexibility index (Phi) is 3.77. The Labute approximate surface area is 124 Å². The zero-order valence-corrected chi connectivity index (χ0v) is 12.7. The zero-order valence-electron chi connectivity index (χ0n) is 10.3. The Morgan fingerprint density at radius 1 is 1.16 bits per heavy atom. The lowest BCUT2D eigenvalue weighted by Crippen LogP contribution is -2.17. The third-order valence-corrected chi connectivity index (χ3v) is 4.88. The number of rotatable bonds is 3. The molecule has 0 amide bonds. The Morgan fingerprint density at radius 2 is 1.95 bits per heavy atom. The molecule has 1 unspecified atom stereocenters. The second-order valence-electron chi connectivity index (χ2n) is 4.33. The summed E-state index contributed by atoms with van der Waals surface area (Å²) < 4.78 is 12.3. The van der Waals surface area contributed by atoms with Crippen molar-refractivity contribution >= 4 is 27.3 Å². The molecule has 0 spiro atoms. The van der Waals surface area contributed by atoms with E-state index in [0.717, 1.165) is 15.3 Å². The van der Waals surface area contributed by atoms with Gasteiger partial charge in [0.2, 0.25) is 0 Å². The van der Waals surface area contributed by atoms with Gasteiger partial charge in [-0.05, 0) is 45.8 Å². The third-order valence-electron chi connectivity index (χ3n) is 3.14. The van der Waals surface area contributed by atoms with E-state index in [0.29, 0.717) is 19.8 Å². The second-order valence-corrected chi connectivity index (χ2v) is 6.83. The van der Waals surface area contributed by atoms with Gasteiger partial charge in [-0.2, -0.15) is 0 Å². The SMILES string of the molecule is NCC(c1ccc2c(c1)OCCO2)c1ccc(Br)s1. The van der Waals surface area contributed by atoms with Crippen LogP contribution in [0.2, 0.25) is 0 Å². The van der Waals surface area contributed by atoms with Crippen molar-refractivity contribution in [3.8, 4) is 11.5 Å². The van der Waals surface area contributed by atoms with Gasteiger partial charge in [0.05, 0.1) is 3.79 Å². The molecule has 2 heterocycles. The average molecular weight is 340 g/mol. The number of hydrogen-bond acceptors (Lipinski definition) is 4. The standard InChI is InChI=1S/C14H14BrNO2S/c15-14-4-3-13(19-14)10(8-16)9-1-2-11-12(7-9)18-6-5-17-11/h1-4,7,10H,5-6,8,16H2. The van der Waals surface area contributed by atoms with Crippen LogP contribution in [0.4, 0.5) is 0 Å². The predicted octanol–water partition coefficient (Wildman–Crippen LogP) is 3.37. The summed E-state index contributed by atoms with van der Waals surface area (Å²) in [7, 11) is 0. The molecule has 3 nitrogen and oxygen atoms in total. The molecule has 1 aliphatic rings. The van der Waals surface area contributed by atoms with Crippen LogP contribution in [0.5, 0.6) is 11.5 Å². The maximum absolute atomic E-state index is 5.94. The van der Waals surface area contributed by atoms with Gasteiger partial charge in [0.25, 0.3) is 0 Å². The van der Waals surface area contributed by atoms with Crippen molar-refractivity contribution in [1.29, 1.82) is 0 Å². The van der Waals surface area contributed by atoms with Gasteiger partial charge in [0.15, 0.2) is 11.5 Å². The molecular weight excluding hydrogens is 326 g/mol. The molecule has 100 valence electrons. The summed E-state index contributed by atoms with van der Waals surface area (Å²) in [6.45, 7) is 1.80. The molecule has 1 atom stereocenters. The van der Waals surface area contributed by atoms with Crippen LogP contribution in [0.1, 0.15) is 16.4 Å². The van der Waals surface area contributed by atoms with Gasteiger partial charge in [0, 0.05) is 17.3 Å². The van der Waals surface area contributed by atoms with Crippen LogP contribution >= 0.6 is 27.3 Å². The molecule has 3 rings (SSSR count). The first-order valence-electron chi connectivity index (χ1n) is 6.13. The van der Waals surface area contributed by atoms with Gasteiger partial charge in [-0.3, -0.25) is 0 Å². The van der Waals surface area contributed by atoms with Crippen molar-refractivity contribution in [2.45, 2.75) is 5.92 Å². The van der Waals surface area contributed by atoms with Gasteiger partial charge in [0.1, 0.15) is 13.2 Å². The molecule has 0 radical (unpaired) electrons. The van der Waals surface area contributed by atoms with Gasteiger partial charge in [-0.1, -0.05) is 6.07 Å². The molecule has 0 aliphatic carbocycles. The minimum Gasteiger partial charge on any atom is -0.486 e. The summed E-state index contributed by atoms with van der Waals surface area (Å²) in [4.78, 5) is 1.26. The summed E-state index contributed by atoms with van der Waals surface area (Å²) in [6, 6.07) is 10.2. The van der Waals surface area contributed by atoms with Crippen molar-refractivity contribution in [2.75, 3.05) is 19.8 Å². The normalized spacial score (nSPS) is 15.3. The predicted molar refractivity (Wildman–Crippen MR) is 80.3 cm³/mol. The summed E-state index contributed by atoms with van der Waals surface area (Å²) >= 11 is 5.21. The minimum atomic E-state index is 0.201. The number of thiophene rings is 1. The molecule has 0 bridgehead atoms. The molecule has 1 aromatic carbocycles. The Morgan fingerprint density at radius 3 is 2.63 bits per heavy atom. The first-order chi connectivity index (χ1) is 9.28. The highest BCUT2D eigenvalue weighted by molar-refractivity contribution is 9.11. The highest BCUT2D eigenvalue weighted by atomic mass is 79.9.